The highest BCUT2D eigenvalue weighted by atomic mass is 16.3. The van der Waals surface area contributed by atoms with Crippen molar-refractivity contribution in [2.75, 3.05) is 4.90 Å². The molecule has 0 radical (unpaired) electrons. The zero-order valence-electron chi connectivity index (χ0n) is 32.9. The standard InChI is InChI=1S/C58H39NO/c1-3-11-40(12-4-1)46-16-9-18-48(37-46)42-21-29-51(30-22-42)59(52-31-23-43(24-32-52)49-19-10-17-47(38-49)41-13-5-2-6-14-41)53-33-25-44(26-34-53)50-27-35-55-57(39-50)60-56-36-28-45-15-7-8-20-54(45)58(55)56/h1-39H. The second kappa shape index (κ2) is 15.1. The van der Waals surface area contributed by atoms with Crippen LogP contribution in [-0.2, 0) is 0 Å². The van der Waals surface area contributed by atoms with Crippen LogP contribution in [0.25, 0.3) is 88.3 Å². The van der Waals surface area contributed by atoms with Crippen molar-refractivity contribution in [3.63, 3.8) is 0 Å². The first-order valence-electron chi connectivity index (χ1n) is 20.5. The molecule has 0 saturated carbocycles. The van der Waals surface area contributed by atoms with Gasteiger partial charge in [-0.2, -0.15) is 0 Å². The van der Waals surface area contributed by atoms with E-state index in [-0.39, 0.29) is 0 Å². The molecule has 0 N–H and O–H groups in total. The van der Waals surface area contributed by atoms with E-state index >= 15 is 0 Å². The van der Waals surface area contributed by atoms with Crippen molar-refractivity contribution < 1.29 is 4.42 Å². The molecule has 0 saturated heterocycles. The van der Waals surface area contributed by atoms with Crippen LogP contribution >= 0.6 is 0 Å². The third-order valence-electron chi connectivity index (χ3n) is 11.7. The minimum atomic E-state index is 0.897. The highest BCUT2D eigenvalue weighted by molar-refractivity contribution is 6.19. The van der Waals surface area contributed by atoms with Gasteiger partial charge in [0.2, 0.25) is 0 Å². The Labute approximate surface area is 349 Å². The van der Waals surface area contributed by atoms with Crippen LogP contribution in [0, 0.1) is 0 Å². The molecular weight excluding hydrogens is 727 g/mol. The number of fused-ring (bicyclic) bond motifs is 5. The maximum atomic E-state index is 6.43. The lowest BCUT2D eigenvalue weighted by Gasteiger charge is -2.26. The number of rotatable bonds is 8. The predicted molar refractivity (Wildman–Crippen MR) is 253 cm³/mol. The van der Waals surface area contributed by atoms with Crippen molar-refractivity contribution in [3.05, 3.63) is 237 Å². The van der Waals surface area contributed by atoms with Gasteiger partial charge in [0.15, 0.2) is 0 Å². The highest BCUT2D eigenvalue weighted by Crippen LogP contribution is 2.40. The van der Waals surface area contributed by atoms with Crippen molar-refractivity contribution in [1.82, 2.24) is 0 Å². The van der Waals surface area contributed by atoms with E-state index in [9.17, 15) is 0 Å². The molecule has 0 unspecified atom stereocenters. The van der Waals surface area contributed by atoms with Crippen LogP contribution in [0.5, 0.6) is 0 Å². The number of hydrogen-bond acceptors (Lipinski definition) is 2. The monoisotopic (exact) mass is 765 g/mol. The maximum absolute atomic E-state index is 6.43. The molecule has 1 heterocycles. The van der Waals surface area contributed by atoms with Gasteiger partial charge in [-0.05, 0) is 133 Å². The van der Waals surface area contributed by atoms with Crippen LogP contribution in [0.1, 0.15) is 0 Å². The highest BCUT2D eigenvalue weighted by Gasteiger charge is 2.16. The Morgan fingerprint density at radius 3 is 1.15 bits per heavy atom. The van der Waals surface area contributed by atoms with Crippen LogP contribution in [0.3, 0.4) is 0 Å². The lowest BCUT2D eigenvalue weighted by Crippen LogP contribution is -2.09. The molecule has 60 heavy (non-hydrogen) atoms. The molecule has 0 spiro atoms. The summed E-state index contributed by atoms with van der Waals surface area (Å²) in [4.78, 5) is 2.34. The van der Waals surface area contributed by atoms with Crippen molar-refractivity contribution in [2.24, 2.45) is 0 Å². The largest absolute Gasteiger partial charge is 0.456 e. The molecule has 282 valence electrons. The average Bonchev–Trinajstić information content (AvgIpc) is 3.72. The van der Waals surface area contributed by atoms with Crippen LogP contribution in [0.4, 0.5) is 17.1 Å². The van der Waals surface area contributed by atoms with E-state index in [4.69, 9.17) is 4.42 Å². The number of benzene rings is 10. The van der Waals surface area contributed by atoms with Crippen LogP contribution in [-0.4, -0.2) is 0 Å². The molecule has 0 aliphatic carbocycles. The number of anilines is 3. The first kappa shape index (κ1) is 35.2. The van der Waals surface area contributed by atoms with Gasteiger partial charge in [0.05, 0.1) is 0 Å². The maximum Gasteiger partial charge on any atom is 0.136 e. The van der Waals surface area contributed by atoms with E-state index in [0.29, 0.717) is 0 Å². The fourth-order valence-electron chi connectivity index (χ4n) is 8.60. The van der Waals surface area contributed by atoms with Crippen LogP contribution < -0.4 is 4.90 Å². The molecule has 0 atom stereocenters. The lowest BCUT2D eigenvalue weighted by atomic mass is 9.98. The predicted octanol–water partition coefficient (Wildman–Crippen LogP) is 16.5. The summed E-state index contributed by atoms with van der Waals surface area (Å²) >= 11 is 0. The van der Waals surface area contributed by atoms with Gasteiger partial charge in [-0.1, -0.05) is 170 Å². The van der Waals surface area contributed by atoms with Crippen molar-refractivity contribution in [2.45, 2.75) is 0 Å². The van der Waals surface area contributed by atoms with E-state index in [0.717, 1.165) is 44.7 Å². The lowest BCUT2D eigenvalue weighted by molar-refractivity contribution is 0.669. The second-order valence-electron chi connectivity index (χ2n) is 15.3. The fourth-order valence-corrected chi connectivity index (χ4v) is 8.60. The van der Waals surface area contributed by atoms with Crippen molar-refractivity contribution in [3.8, 4) is 55.6 Å². The third kappa shape index (κ3) is 6.61. The van der Waals surface area contributed by atoms with Gasteiger partial charge in [0.1, 0.15) is 11.2 Å². The number of hydrogen-bond donors (Lipinski definition) is 0. The zero-order valence-corrected chi connectivity index (χ0v) is 32.9. The molecule has 10 aromatic carbocycles. The Morgan fingerprint density at radius 2 is 0.650 bits per heavy atom. The summed E-state index contributed by atoms with van der Waals surface area (Å²) < 4.78 is 6.43. The Balaban J connectivity index is 0.948. The Hall–Kier alpha value is -7.94. The van der Waals surface area contributed by atoms with Gasteiger partial charge in [0, 0.05) is 27.8 Å². The Kier molecular flexibility index (Phi) is 8.87. The number of furan rings is 1. The number of nitrogens with zero attached hydrogens (tertiary/aromatic N) is 1. The topological polar surface area (TPSA) is 16.4 Å². The average molecular weight is 766 g/mol. The SMILES string of the molecule is c1ccc(-c2cccc(-c3ccc(N(c4ccc(-c5cccc(-c6ccccc6)c5)cc4)c4ccc(-c5ccc6c(c5)oc5ccc7ccccc7c56)cc4)cc3)c2)cc1. The van der Waals surface area contributed by atoms with Gasteiger partial charge in [-0.3, -0.25) is 0 Å². The molecular formula is C58H39NO. The summed E-state index contributed by atoms with van der Waals surface area (Å²) in [5.41, 5.74) is 16.9. The molecule has 11 aromatic rings. The van der Waals surface area contributed by atoms with E-state index < -0.39 is 0 Å². The van der Waals surface area contributed by atoms with E-state index in [2.05, 4.69) is 241 Å². The minimum Gasteiger partial charge on any atom is -0.456 e. The van der Waals surface area contributed by atoms with Crippen LogP contribution in [0.2, 0.25) is 0 Å². The van der Waals surface area contributed by atoms with Gasteiger partial charge in [-0.15, -0.1) is 0 Å². The molecule has 2 nitrogen and oxygen atoms in total. The first-order valence-corrected chi connectivity index (χ1v) is 20.5. The van der Waals surface area contributed by atoms with Crippen molar-refractivity contribution >= 4 is 49.8 Å². The molecule has 11 rings (SSSR count). The van der Waals surface area contributed by atoms with Gasteiger partial charge >= 0.3 is 0 Å². The van der Waals surface area contributed by atoms with Gasteiger partial charge < -0.3 is 9.32 Å². The molecule has 0 amide bonds. The molecule has 2 heteroatoms. The van der Waals surface area contributed by atoms with E-state index in [1.807, 2.05) is 0 Å². The smallest absolute Gasteiger partial charge is 0.136 e. The first-order chi connectivity index (χ1) is 29.7. The normalized spacial score (nSPS) is 11.3. The summed E-state index contributed by atoms with van der Waals surface area (Å²) in [6.45, 7) is 0. The summed E-state index contributed by atoms with van der Waals surface area (Å²) in [6, 6.07) is 84.8. The molecule has 0 fully saturated rings. The molecule has 0 aliphatic heterocycles. The second-order valence-corrected chi connectivity index (χ2v) is 15.3. The zero-order chi connectivity index (χ0) is 39.8. The Bertz CT molecular complexity index is 3150. The molecule has 1 aromatic heterocycles. The van der Waals surface area contributed by atoms with Crippen molar-refractivity contribution in [1.29, 1.82) is 0 Å². The summed E-state index contributed by atoms with van der Waals surface area (Å²) in [7, 11) is 0. The molecule has 0 aliphatic rings. The molecule has 0 bridgehead atoms. The van der Waals surface area contributed by atoms with Crippen LogP contribution in [0.15, 0.2) is 241 Å². The van der Waals surface area contributed by atoms with Gasteiger partial charge in [0.25, 0.3) is 0 Å². The van der Waals surface area contributed by atoms with E-state index in [1.54, 1.807) is 0 Å². The quantitative estimate of drug-likeness (QED) is 0.153. The summed E-state index contributed by atoms with van der Waals surface area (Å²) in [5, 5.41) is 4.74. The summed E-state index contributed by atoms with van der Waals surface area (Å²) in [5.74, 6) is 0. The summed E-state index contributed by atoms with van der Waals surface area (Å²) in [6.07, 6.45) is 0. The third-order valence-corrected chi connectivity index (χ3v) is 11.7. The Morgan fingerprint density at radius 1 is 0.250 bits per heavy atom. The van der Waals surface area contributed by atoms with E-state index in [1.165, 1.54) is 60.7 Å². The minimum absolute atomic E-state index is 0.897. The van der Waals surface area contributed by atoms with Gasteiger partial charge in [-0.25, -0.2) is 0 Å². The fraction of sp³-hybridized carbons (Fsp3) is 0.